The van der Waals surface area contributed by atoms with Crippen molar-refractivity contribution in [1.82, 2.24) is 19.9 Å². The van der Waals surface area contributed by atoms with Crippen LogP contribution in [0.3, 0.4) is 0 Å². The number of aromatic nitrogens is 3. The Morgan fingerprint density at radius 3 is 2.73 bits per heavy atom. The van der Waals surface area contributed by atoms with Crippen LogP contribution < -0.4 is 10.6 Å². The molecule has 5 rings (SSSR count). The number of aliphatic hydroxyl groups is 1. The molecule has 2 fully saturated rings. The van der Waals surface area contributed by atoms with Gasteiger partial charge < -0.3 is 15.7 Å². The Hall–Kier alpha value is -2.93. The second-order valence-corrected chi connectivity index (χ2v) is 8.73. The lowest BCUT2D eigenvalue weighted by atomic mass is 9.82. The summed E-state index contributed by atoms with van der Waals surface area (Å²) < 4.78 is 1.83. The van der Waals surface area contributed by atoms with E-state index in [4.69, 9.17) is 4.98 Å². The van der Waals surface area contributed by atoms with Crippen LogP contribution in [0.5, 0.6) is 0 Å². The number of rotatable bonds is 6. The third kappa shape index (κ3) is 3.65. The Morgan fingerprint density at radius 1 is 1.23 bits per heavy atom. The maximum Gasteiger partial charge on any atom is 0.251 e. The highest BCUT2D eigenvalue weighted by Gasteiger charge is 2.27. The molecule has 7 heteroatoms. The topological polar surface area (TPSA) is 91.5 Å². The van der Waals surface area contributed by atoms with Crippen molar-refractivity contribution in [3.8, 4) is 11.1 Å². The van der Waals surface area contributed by atoms with Gasteiger partial charge in [0.25, 0.3) is 5.91 Å². The SMILES string of the molecule is Cc1cc(NC[C@H]2C[C@H](O)C2)n2ncc(-c3ccc(C(=O)NC4CC4)c(C)c3)c2n1. The maximum atomic E-state index is 12.4. The van der Waals surface area contributed by atoms with Crippen molar-refractivity contribution in [2.45, 2.75) is 51.7 Å². The molecule has 1 amide bonds. The van der Waals surface area contributed by atoms with Crippen molar-refractivity contribution in [3.05, 3.63) is 47.3 Å². The lowest BCUT2D eigenvalue weighted by Crippen LogP contribution is -2.33. The van der Waals surface area contributed by atoms with Gasteiger partial charge >= 0.3 is 0 Å². The van der Waals surface area contributed by atoms with Gasteiger partial charge in [-0.05, 0) is 62.6 Å². The van der Waals surface area contributed by atoms with Gasteiger partial charge in [0.15, 0.2) is 5.65 Å². The summed E-state index contributed by atoms with van der Waals surface area (Å²) in [5.74, 6) is 1.40. The summed E-state index contributed by atoms with van der Waals surface area (Å²) >= 11 is 0. The number of fused-ring (bicyclic) bond motifs is 1. The average Bonchev–Trinajstić information content (AvgIpc) is 3.39. The Kier molecular flexibility index (Phi) is 4.70. The van der Waals surface area contributed by atoms with Crippen LogP contribution in [0.15, 0.2) is 30.5 Å². The highest BCUT2D eigenvalue weighted by Crippen LogP contribution is 2.30. The molecule has 3 aromatic rings. The van der Waals surface area contributed by atoms with E-state index in [1.807, 2.05) is 48.8 Å². The Morgan fingerprint density at radius 2 is 2.03 bits per heavy atom. The molecule has 0 bridgehead atoms. The second-order valence-electron chi connectivity index (χ2n) is 8.73. The smallest absolute Gasteiger partial charge is 0.251 e. The van der Waals surface area contributed by atoms with Crippen LogP contribution in [0.25, 0.3) is 16.8 Å². The molecule has 0 atom stereocenters. The quantitative estimate of drug-likeness (QED) is 0.586. The standard InChI is InChI=1S/C23H27N5O2/c1-13-7-16(3-6-19(13)23(30)27-17-4-5-17)20-12-25-28-21(8-14(2)26-22(20)28)24-11-15-9-18(29)10-15/h3,6-8,12,15,17-18,24,29H,4-5,9-11H2,1-2H3,(H,27,30)/t15-,18-. The summed E-state index contributed by atoms with van der Waals surface area (Å²) in [7, 11) is 0. The van der Waals surface area contributed by atoms with E-state index >= 15 is 0 Å². The third-order valence-corrected chi connectivity index (χ3v) is 6.08. The first kappa shape index (κ1) is 19.1. The molecule has 0 saturated heterocycles. The van der Waals surface area contributed by atoms with Gasteiger partial charge in [-0.3, -0.25) is 4.79 Å². The number of nitrogens with zero attached hydrogens (tertiary/aromatic N) is 3. The van der Waals surface area contributed by atoms with E-state index in [2.05, 4.69) is 15.7 Å². The zero-order chi connectivity index (χ0) is 20.8. The van der Waals surface area contributed by atoms with Crippen molar-refractivity contribution in [3.63, 3.8) is 0 Å². The van der Waals surface area contributed by atoms with E-state index in [0.29, 0.717) is 12.0 Å². The van der Waals surface area contributed by atoms with Gasteiger partial charge in [0.2, 0.25) is 0 Å². The number of anilines is 1. The molecule has 0 unspecified atom stereocenters. The molecule has 3 N–H and O–H groups in total. The maximum absolute atomic E-state index is 12.4. The number of benzene rings is 1. The van der Waals surface area contributed by atoms with Gasteiger partial charge in [0, 0.05) is 35.5 Å². The molecular formula is C23H27N5O2. The zero-order valence-electron chi connectivity index (χ0n) is 17.4. The van der Waals surface area contributed by atoms with Gasteiger partial charge in [-0.2, -0.15) is 9.61 Å². The predicted molar refractivity (Wildman–Crippen MR) is 116 cm³/mol. The van der Waals surface area contributed by atoms with Crippen LogP contribution in [0.2, 0.25) is 0 Å². The molecular weight excluding hydrogens is 378 g/mol. The van der Waals surface area contributed by atoms with Gasteiger partial charge in [-0.25, -0.2) is 4.98 Å². The van der Waals surface area contributed by atoms with Gasteiger partial charge in [0.1, 0.15) is 5.82 Å². The van der Waals surface area contributed by atoms with E-state index in [9.17, 15) is 9.90 Å². The van der Waals surface area contributed by atoms with Gasteiger partial charge in [0.05, 0.1) is 12.3 Å². The van der Waals surface area contributed by atoms with E-state index in [-0.39, 0.29) is 12.0 Å². The first-order valence-electron chi connectivity index (χ1n) is 10.7. The normalized spacial score (nSPS) is 20.8. The minimum absolute atomic E-state index is 0.00276. The Labute approximate surface area is 175 Å². The molecule has 2 aromatic heterocycles. The van der Waals surface area contributed by atoms with E-state index in [0.717, 1.165) is 71.6 Å². The number of carbonyl (C=O) groups is 1. The fourth-order valence-electron chi connectivity index (χ4n) is 4.11. The third-order valence-electron chi connectivity index (χ3n) is 6.08. The number of hydrogen-bond acceptors (Lipinski definition) is 5. The fourth-order valence-corrected chi connectivity index (χ4v) is 4.11. The summed E-state index contributed by atoms with van der Waals surface area (Å²) in [6.45, 7) is 4.76. The van der Waals surface area contributed by atoms with E-state index in [1.54, 1.807) is 0 Å². The summed E-state index contributed by atoms with van der Waals surface area (Å²) in [6.07, 6.45) is 5.54. The van der Waals surface area contributed by atoms with E-state index < -0.39 is 0 Å². The van der Waals surface area contributed by atoms with Crippen LogP contribution >= 0.6 is 0 Å². The highest BCUT2D eigenvalue weighted by molar-refractivity contribution is 5.97. The average molecular weight is 406 g/mol. The van der Waals surface area contributed by atoms with Crippen molar-refractivity contribution in [2.75, 3.05) is 11.9 Å². The number of nitrogens with one attached hydrogen (secondary N) is 2. The molecule has 0 radical (unpaired) electrons. The van der Waals surface area contributed by atoms with Crippen LogP contribution in [0.4, 0.5) is 5.82 Å². The largest absolute Gasteiger partial charge is 0.393 e. The number of amides is 1. The molecule has 2 aliphatic carbocycles. The van der Waals surface area contributed by atoms with Gasteiger partial charge in [-0.15, -0.1) is 0 Å². The first-order valence-corrected chi connectivity index (χ1v) is 10.7. The summed E-state index contributed by atoms with van der Waals surface area (Å²) in [6, 6.07) is 8.24. The lowest BCUT2D eigenvalue weighted by molar-refractivity contribution is 0.0486. The molecule has 30 heavy (non-hydrogen) atoms. The monoisotopic (exact) mass is 405 g/mol. The van der Waals surface area contributed by atoms with Crippen LogP contribution in [0.1, 0.15) is 47.3 Å². The van der Waals surface area contributed by atoms with Crippen LogP contribution in [-0.2, 0) is 0 Å². The van der Waals surface area contributed by atoms with Crippen LogP contribution in [-0.4, -0.2) is 44.3 Å². The molecule has 0 aliphatic heterocycles. The Balaban J connectivity index is 1.43. The first-order chi connectivity index (χ1) is 14.5. The highest BCUT2D eigenvalue weighted by atomic mass is 16.3. The molecule has 7 nitrogen and oxygen atoms in total. The zero-order valence-corrected chi connectivity index (χ0v) is 17.4. The minimum atomic E-state index is -0.148. The molecule has 0 spiro atoms. The minimum Gasteiger partial charge on any atom is -0.393 e. The molecule has 2 heterocycles. The molecule has 2 saturated carbocycles. The molecule has 1 aromatic carbocycles. The molecule has 2 aliphatic rings. The number of aliphatic hydroxyl groups excluding tert-OH is 1. The van der Waals surface area contributed by atoms with Crippen LogP contribution in [0, 0.1) is 19.8 Å². The Bertz CT molecular complexity index is 1110. The number of aryl methyl sites for hydroxylation is 2. The van der Waals surface area contributed by atoms with Crippen molar-refractivity contribution >= 4 is 17.4 Å². The number of carbonyl (C=O) groups excluding carboxylic acids is 1. The van der Waals surface area contributed by atoms with Crippen molar-refractivity contribution in [1.29, 1.82) is 0 Å². The van der Waals surface area contributed by atoms with Crippen molar-refractivity contribution in [2.24, 2.45) is 5.92 Å². The summed E-state index contributed by atoms with van der Waals surface area (Å²) in [5.41, 5.74) is 5.31. The van der Waals surface area contributed by atoms with E-state index in [1.165, 1.54) is 0 Å². The van der Waals surface area contributed by atoms with Crippen molar-refractivity contribution < 1.29 is 9.90 Å². The van der Waals surface area contributed by atoms with Gasteiger partial charge in [-0.1, -0.05) is 12.1 Å². The summed E-state index contributed by atoms with van der Waals surface area (Å²) in [5, 5.41) is 20.6. The summed E-state index contributed by atoms with van der Waals surface area (Å²) in [4.78, 5) is 17.2. The molecule has 156 valence electrons. The second kappa shape index (κ2) is 7.40. The number of hydrogen-bond donors (Lipinski definition) is 3. The predicted octanol–water partition coefficient (Wildman–Crippen LogP) is 3.09. The lowest BCUT2D eigenvalue weighted by Gasteiger charge is -2.31. The fraction of sp³-hybridized carbons (Fsp3) is 0.435.